The van der Waals surface area contributed by atoms with E-state index in [9.17, 15) is 0 Å². The molecular weight excluding hydrogens is 73.0 g/mol. The molecule has 0 amide bonds. The molecule has 0 heterocycles. The SMILES string of the molecule is N#CC=CO.[H-].[Li+]. The predicted octanol–water partition coefficient (Wildman–Crippen LogP) is -2.30. The average molecular weight is 77.0 g/mol. The van der Waals surface area contributed by atoms with Gasteiger partial charge in [0.2, 0.25) is 0 Å². The third kappa shape index (κ3) is 9.45. The molecule has 0 aromatic carbocycles. The number of nitrogens with zero attached hydrogens (tertiary/aromatic N) is 1. The number of nitriles is 1. The van der Waals surface area contributed by atoms with E-state index >= 15 is 0 Å². The molecule has 3 heteroatoms. The summed E-state index contributed by atoms with van der Waals surface area (Å²) in [5.74, 6) is 0. The zero-order valence-electron chi connectivity index (χ0n) is 4.55. The summed E-state index contributed by atoms with van der Waals surface area (Å²) >= 11 is 0. The normalized spacial score (nSPS) is 6.50. The van der Waals surface area contributed by atoms with Gasteiger partial charge in [-0.2, -0.15) is 5.26 Å². The van der Waals surface area contributed by atoms with E-state index in [1.807, 2.05) is 0 Å². The molecule has 6 heavy (non-hydrogen) atoms. The van der Waals surface area contributed by atoms with Crippen molar-refractivity contribution in [2.24, 2.45) is 0 Å². The smallest absolute Gasteiger partial charge is 1.00 e. The molecule has 0 bridgehead atoms. The van der Waals surface area contributed by atoms with E-state index in [0.29, 0.717) is 6.26 Å². The van der Waals surface area contributed by atoms with Crippen LogP contribution in [0, 0.1) is 11.3 Å². The summed E-state index contributed by atoms with van der Waals surface area (Å²) in [5, 5.41) is 15.2. The molecule has 0 saturated carbocycles. The summed E-state index contributed by atoms with van der Waals surface area (Å²) < 4.78 is 0. The van der Waals surface area contributed by atoms with Crippen molar-refractivity contribution in [2.45, 2.75) is 0 Å². The van der Waals surface area contributed by atoms with Crippen molar-refractivity contribution >= 4 is 0 Å². The fraction of sp³-hybridized carbons (Fsp3) is 0. The van der Waals surface area contributed by atoms with Crippen molar-refractivity contribution in [1.29, 1.82) is 5.26 Å². The van der Waals surface area contributed by atoms with Crippen LogP contribution in [0.4, 0.5) is 0 Å². The molecule has 0 unspecified atom stereocenters. The number of aliphatic hydroxyl groups is 1. The molecule has 28 valence electrons. The fourth-order valence-corrected chi connectivity index (χ4v) is 0.0333. The summed E-state index contributed by atoms with van der Waals surface area (Å²) in [6, 6.07) is 1.59. The minimum Gasteiger partial charge on any atom is -1.00 e. The number of hydrogen-bond donors (Lipinski definition) is 1. The Morgan fingerprint density at radius 3 is 2.33 bits per heavy atom. The number of allylic oxidation sites excluding steroid dienone is 1. The van der Waals surface area contributed by atoms with E-state index in [1.165, 1.54) is 0 Å². The second-order valence-corrected chi connectivity index (χ2v) is 0.445. The minimum atomic E-state index is 0. The van der Waals surface area contributed by atoms with Gasteiger partial charge in [0.15, 0.2) is 0 Å². The summed E-state index contributed by atoms with van der Waals surface area (Å²) in [6.07, 6.45) is 1.68. The van der Waals surface area contributed by atoms with Gasteiger partial charge in [0.1, 0.15) is 0 Å². The van der Waals surface area contributed by atoms with Gasteiger partial charge in [-0.15, -0.1) is 0 Å². The van der Waals surface area contributed by atoms with Crippen molar-refractivity contribution in [3.8, 4) is 6.07 Å². The van der Waals surface area contributed by atoms with Crippen LogP contribution in [0.5, 0.6) is 0 Å². The Morgan fingerprint density at radius 2 is 2.33 bits per heavy atom. The molecule has 0 aromatic rings. The monoisotopic (exact) mass is 77.0 g/mol. The fourth-order valence-electron chi connectivity index (χ4n) is 0.0333. The molecule has 0 aliphatic rings. The second kappa shape index (κ2) is 8.82. The first-order valence-electron chi connectivity index (χ1n) is 1.10. The van der Waals surface area contributed by atoms with Crippen molar-refractivity contribution in [3.05, 3.63) is 12.3 Å². The molecule has 1 N–H and O–H groups in total. The van der Waals surface area contributed by atoms with E-state index in [4.69, 9.17) is 10.4 Å². The number of aliphatic hydroxyl groups excluding tert-OH is 1. The molecule has 2 nitrogen and oxygen atoms in total. The Morgan fingerprint density at radius 1 is 1.83 bits per heavy atom. The maximum atomic E-state index is 7.66. The van der Waals surface area contributed by atoms with Gasteiger partial charge in [0.05, 0.1) is 18.4 Å². The number of rotatable bonds is 0. The van der Waals surface area contributed by atoms with E-state index < -0.39 is 0 Å². The Bertz CT molecular complexity index is 77.5. The Hall–Kier alpha value is -0.373. The molecule has 0 radical (unpaired) electrons. The zero-order chi connectivity index (χ0) is 4.12. The molecule has 0 aliphatic carbocycles. The van der Waals surface area contributed by atoms with Crippen LogP contribution in [0.3, 0.4) is 0 Å². The average Bonchev–Trinajstić information content (AvgIpc) is 1.41. The molecule has 0 spiro atoms. The van der Waals surface area contributed by atoms with Gasteiger partial charge in [-0.25, -0.2) is 0 Å². The largest absolute Gasteiger partial charge is 1.00 e. The van der Waals surface area contributed by atoms with Crippen LogP contribution < -0.4 is 18.9 Å². The standard InChI is InChI=1S/C3H3NO.Li.H/c4-2-1-3-5;;/h1,3,5H;;/q;+1;-1. The van der Waals surface area contributed by atoms with E-state index in [1.54, 1.807) is 6.07 Å². The van der Waals surface area contributed by atoms with Crippen molar-refractivity contribution in [1.82, 2.24) is 0 Å². The van der Waals surface area contributed by atoms with Crippen LogP contribution in [-0.2, 0) is 0 Å². The molecule has 0 aromatic heterocycles. The van der Waals surface area contributed by atoms with E-state index in [0.717, 1.165) is 6.08 Å². The quantitative estimate of drug-likeness (QED) is 0.201. The van der Waals surface area contributed by atoms with Crippen LogP contribution in [0.15, 0.2) is 12.3 Å². The second-order valence-electron chi connectivity index (χ2n) is 0.445. The van der Waals surface area contributed by atoms with Crippen LogP contribution in [-0.4, -0.2) is 5.11 Å². The Balaban J connectivity index is -0.0000000800. The maximum absolute atomic E-state index is 7.66. The maximum Gasteiger partial charge on any atom is 1.00 e. The van der Waals surface area contributed by atoms with Gasteiger partial charge < -0.3 is 6.53 Å². The first-order valence-corrected chi connectivity index (χ1v) is 1.10. The summed E-state index contributed by atoms with van der Waals surface area (Å²) in [4.78, 5) is 0. The topological polar surface area (TPSA) is 44.0 Å². The van der Waals surface area contributed by atoms with Crippen LogP contribution in [0.25, 0.3) is 0 Å². The summed E-state index contributed by atoms with van der Waals surface area (Å²) in [6.45, 7) is 0. The van der Waals surface area contributed by atoms with Gasteiger partial charge >= 0.3 is 18.9 Å². The van der Waals surface area contributed by atoms with E-state index in [2.05, 4.69) is 0 Å². The molecule has 0 rings (SSSR count). The van der Waals surface area contributed by atoms with Crippen molar-refractivity contribution in [2.75, 3.05) is 0 Å². The summed E-state index contributed by atoms with van der Waals surface area (Å²) in [5.41, 5.74) is 0. The van der Waals surface area contributed by atoms with Crippen LogP contribution >= 0.6 is 0 Å². The van der Waals surface area contributed by atoms with Crippen molar-refractivity contribution < 1.29 is 25.4 Å². The molecule has 0 saturated heterocycles. The molecule has 0 aliphatic heterocycles. The first kappa shape index (κ1) is 9.16. The number of hydrogen-bond acceptors (Lipinski definition) is 2. The van der Waals surface area contributed by atoms with Gasteiger partial charge in [0, 0.05) is 0 Å². The minimum absolute atomic E-state index is 0. The third-order valence-corrected chi connectivity index (χ3v) is 0.149. The predicted molar refractivity (Wildman–Crippen MR) is 18.5 cm³/mol. The van der Waals surface area contributed by atoms with Crippen LogP contribution in [0.1, 0.15) is 1.43 Å². The van der Waals surface area contributed by atoms with Crippen molar-refractivity contribution in [3.63, 3.8) is 0 Å². The first-order chi connectivity index (χ1) is 2.41. The Labute approximate surface area is 49.7 Å². The van der Waals surface area contributed by atoms with Crippen LogP contribution in [0.2, 0.25) is 0 Å². The molecular formula is C3H4LiNO. The zero-order valence-corrected chi connectivity index (χ0v) is 3.55. The molecule has 0 fully saturated rings. The van der Waals surface area contributed by atoms with Gasteiger partial charge in [-0.1, -0.05) is 0 Å². The summed E-state index contributed by atoms with van der Waals surface area (Å²) in [7, 11) is 0. The third-order valence-electron chi connectivity index (χ3n) is 0.149. The van der Waals surface area contributed by atoms with Gasteiger partial charge in [-0.05, 0) is 0 Å². The molecule has 0 atom stereocenters. The van der Waals surface area contributed by atoms with Gasteiger partial charge in [0.25, 0.3) is 0 Å². The Kier molecular flexibility index (Phi) is 13.5. The van der Waals surface area contributed by atoms with E-state index in [-0.39, 0.29) is 20.3 Å². The van der Waals surface area contributed by atoms with Gasteiger partial charge in [-0.3, -0.25) is 0 Å².